The van der Waals surface area contributed by atoms with E-state index in [4.69, 9.17) is 0 Å². The average Bonchev–Trinajstić information content (AvgIpc) is 2.27. The van der Waals surface area contributed by atoms with Crippen LogP contribution in [0.25, 0.3) is 0 Å². The molecule has 0 saturated carbocycles. The number of nitrogens with zero attached hydrogens (tertiary/aromatic N) is 1. The van der Waals surface area contributed by atoms with Crippen molar-refractivity contribution < 1.29 is 4.79 Å². The number of ketones is 1. The van der Waals surface area contributed by atoms with E-state index in [1.807, 2.05) is 0 Å². The van der Waals surface area contributed by atoms with Gasteiger partial charge in [-0.05, 0) is 6.42 Å². The SMILES string of the molecule is O=C1CC2CC=CCN2C1. The summed E-state index contributed by atoms with van der Waals surface area (Å²) in [6.45, 7) is 1.67. The van der Waals surface area contributed by atoms with Gasteiger partial charge in [0.15, 0.2) is 0 Å². The quantitative estimate of drug-likeness (QED) is 0.455. The minimum atomic E-state index is 0.411. The van der Waals surface area contributed by atoms with Crippen molar-refractivity contribution in [1.29, 1.82) is 0 Å². The van der Waals surface area contributed by atoms with Crippen LogP contribution in [0, 0.1) is 0 Å². The lowest BCUT2D eigenvalue weighted by Crippen LogP contribution is -2.31. The summed E-state index contributed by atoms with van der Waals surface area (Å²) >= 11 is 0. The van der Waals surface area contributed by atoms with E-state index in [-0.39, 0.29) is 0 Å². The Morgan fingerprint density at radius 2 is 2.40 bits per heavy atom. The molecule has 0 amide bonds. The van der Waals surface area contributed by atoms with Crippen molar-refractivity contribution in [2.75, 3.05) is 13.1 Å². The summed E-state index contributed by atoms with van der Waals surface area (Å²) in [5.41, 5.74) is 0. The fraction of sp³-hybridized carbons (Fsp3) is 0.625. The van der Waals surface area contributed by atoms with Crippen molar-refractivity contribution in [1.82, 2.24) is 4.90 Å². The van der Waals surface area contributed by atoms with Gasteiger partial charge in [-0.25, -0.2) is 0 Å². The lowest BCUT2D eigenvalue weighted by Gasteiger charge is -2.23. The van der Waals surface area contributed by atoms with Gasteiger partial charge >= 0.3 is 0 Å². The van der Waals surface area contributed by atoms with Crippen molar-refractivity contribution in [3.63, 3.8) is 0 Å². The predicted octanol–water partition coefficient (Wildman–Crippen LogP) is 0.590. The monoisotopic (exact) mass is 137 g/mol. The topological polar surface area (TPSA) is 20.3 Å². The van der Waals surface area contributed by atoms with E-state index in [9.17, 15) is 4.79 Å². The van der Waals surface area contributed by atoms with Gasteiger partial charge in [0.1, 0.15) is 5.78 Å². The summed E-state index contributed by atoms with van der Waals surface area (Å²) in [4.78, 5) is 13.2. The molecule has 2 rings (SSSR count). The van der Waals surface area contributed by atoms with Gasteiger partial charge in [0.05, 0.1) is 6.54 Å². The number of hydrogen-bond donors (Lipinski definition) is 0. The summed E-state index contributed by atoms with van der Waals surface area (Å²) in [6.07, 6.45) is 6.19. The molecule has 10 heavy (non-hydrogen) atoms. The van der Waals surface area contributed by atoms with Crippen LogP contribution in [0.5, 0.6) is 0 Å². The zero-order valence-electron chi connectivity index (χ0n) is 5.92. The zero-order valence-corrected chi connectivity index (χ0v) is 5.92. The number of carbonyl (C=O) groups is 1. The molecule has 0 aromatic heterocycles. The second-order valence-electron chi connectivity index (χ2n) is 3.03. The maximum absolute atomic E-state index is 10.9. The Bertz CT molecular complexity index is 168. The Balaban J connectivity index is 2.11. The Hall–Kier alpha value is -0.630. The van der Waals surface area contributed by atoms with E-state index < -0.39 is 0 Å². The minimum absolute atomic E-state index is 0.411. The van der Waals surface area contributed by atoms with Gasteiger partial charge in [-0.15, -0.1) is 0 Å². The predicted molar refractivity (Wildman–Crippen MR) is 38.7 cm³/mol. The average molecular weight is 137 g/mol. The van der Waals surface area contributed by atoms with E-state index >= 15 is 0 Å². The second kappa shape index (κ2) is 2.20. The normalized spacial score (nSPS) is 32.8. The minimum Gasteiger partial charge on any atom is -0.298 e. The van der Waals surface area contributed by atoms with Crippen LogP contribution in [0.15, 0.2) is 12.2 Å². The molecule has 0 spiro atoms. The molecule has 2 nitrogen and oxygen atoms in total. The van der Waals surface area contributed by atoms with Crippen molar-refractivity contribution >= 4 is 5.78 Å². The summed E-state index contributed by atoms with van der Waals surface area (Å²) in [7, 11) is 0. The van der Waals surface area contributed by atoms with Gasteiger partial charge in [-0.3, -0.25) is 9.69 Å². The maximum Gasteiger partial charge on any atom is 0.148 e. The van der Waals surface area contributed by atoms with E-state index in [0.717, 1.165) is 19.4 Å². The zero-order chi connectivity index (χ0) is 6.97. The Morgan fingerprint density at radius 1 is 1.50 bits per heavy atom. The van der Waals surface area contributed by atoms with E-state index in [0.29, 0.717) is 18.4 Å². The fourth-order valence-corrected chi connectivity index (χ4v) is 1.72. The smallest absolute Gasteiger partial charge is 0.148 e. The van der Waals surface area contributed by atoms with Crippen LogP contribution in [0.4, 0.5) is 0 Å². The third-order valence-electron chi connectivity index (χ3n) is 2.27. The third kappa shape index (κ3) is 0.886. The lowest BCUT2D eigenvalue weighted by molar-refractivity contribution is -0.116. The first-order valence-corrected chi connectivity index (χ1v) is 3.77. The van der Waals surface area contributed by atoms with Crippen LogP contribution < -0.4 is 0 Å². The molecule has 2 heterocycles. The van der Waals surface area contributed by atoms with Crippen LogP contribution in [-0.2, 0) is 4.79 Å². The standard InChI is InChI=1S/C8H11NO/c10-8-5-7-3-1-2-4-9(7)6-8/h1-2,7H,3-6H2. The second-order valence-corrected chi connectivity index (χ2v) is 3.03. The first-order valence-electron chi connectivity index (χ1n) is 3.77. The molecule has 1 fully saturated rings. The highest BCUT2D eigenvalue weighted by molar-refractivity contribution is 5.83. The molecule has 1 unspecified atom stereocenters. The van der Waals surface area contributed by atoms with Crippen molar-refractivity contribution in [3.8, 4) is 0 Å². The molecule has 2 aliphatic heterocycles. The van der Waals surface area contributed by atoms with Crippen LogP contribution in [0.3, 0.4) is 0 Å². The molecule has 0 radical (unpaired) electrons. The number of carbonyl (C=O) groups excluding carboxylic acids is 1. The maximum atomic E-state index is 10.9. The van der Waals surface area contributed by atoms with Gasteiger partial charge < -0.3 is 0 Å². The summed E-state index contributed by atoms with van der Waals surface area (Å²) in [5.74, 6) is 0.411. The van der Waals surface area contributed by atoms with Gasteiger partial charge in [0.2, 0.25) is 0 Å². The first-order chi connectivity index (χ1) is 4.86. The van der Waals surface area contributed by atoms with Crippen LogP contribution in [-0.4, -0.2) is 29.8 Å². The van der Waals surface area contributed by atoms with Gasteiger partial charge in [0, 0.05) is 19.0 Å². The molecule has 0 bridgehead atoms. The highest BCUT2D eigenvalue weighted by Crippen LogP contribution is 2.20. The Labute approximate surface area is 60.5 Å². The molecule has 2 heteroatoms. The van der Waals surface area contributed by atoms with Gasteiger partial charge in [-0.2, -0.15) is 0 Å². The molecule has 0 aliphatic carbocycles. The molecule has 1 saturated heterocycles. The van der Waals surface area contributed by atoms with Crippen molar-refractivity contribution in [2.45, 2.75) is 18.9 Å². The summed E-state index contributed by atoms with van der Waals surface area (Å²) in [6, 6.07) is 0.539. The van der Waals surface area contributed by atoms with Gasteiger partial charge in [-0.1, -0.05) is 12.2 Å². The highest BCUT2D eigenvalue weighted by Gasteiger charge is 2.29. The number of Topliss-reactive ketones (excluding diaryl/α,β-unsaturated/α-hetero) is 1. The molecular formula is C8H11NO. The van der Waals surface area contributed by atoms with Gasteiger partial charge in [0.25, 0.3) is 0 Å². The summed E-state index contributed by atoms with van der Waals surface area (Å²) < 4.78 is 0. The van der Waals surface area contributed by atoms with E-state index in [2.05, 4.69) is 17.1 Å². The highest BCUT2D eigenvalue weighted by atomic mass is 16.1. The summed E-state index contributed by atoms with van der Waals surface area (Å²) in [5, 5.41) is 0. The first kappa shape index (κ1) is 6.10. The molecule has 2 aliphatic rings. The number of hydrogen-bond acceptors (Lipinski definition) is 2. The van der Waals surface area contributed by atoms with E-state index in [1.165, 1.54) is 0 Å². The molecule has 1 atom stereocenters. The largest absolute Gasteiger partial charge is 0.298 e. The van der Waals surface area contributed by atoms with Crippen LogP contribution >= 0.6 is 0 Å². The molecule has 0 aromatic rings. The Kier molecular flexibility index (Phi) is 1.34. The molecule has 0 aromatic carbocycles. The molecular weight excluding hydrogens is 126 g/mol. The van der Waals surface area contributed by atoms with Crippen molar-refractivity contribution in [3.05, 3.63) is 12.2 Å². The Morgan fingerprint density at radius 3 is 3.20 bits per heavy atom. The lowest BCUT2D eigenvalue weighted by atomic mass is 10.1. The number of rotatable bonds is 0. The van der Waals surface area contributed by atoms with E-state index in [1.54, 1.807) is 0 Å². The fourth-order valence-electron chi connectivity index (χ4n) is 1.72. The molecule has 0 N–H and O–H groups in total. The van der Waals surface area contributed by atoms with Crippen LogP contribution in [0.1, 0.15) is 12.8 Å². The molecule has 54 valence electrons. The number of fused-ring (bicyclic) bond motifs is 1. The third-order valence-corrected chi connectivity index (χ3v) is 2.27. The van der Waals surface area contributed by atoms with Crippen LogP contribution in [0.2, 0.25) is 0 Å². The van der Waals surface area contributed by atoms with Crippen molar-refractivity contribution in [2.24, 2.45) is 0 Å².